The number of benzene rings is 1. The maximum atomic E-state index is 8.53. The van der Waals surface area contributed by atoms with Gasteiger partial charge in [-0.1, -0.05) is 23.2 Å². The van der Waals surface area contributed by atoms with Crippen molar-refractivity contribution in [3.63, 3.8) is 0 Å². The van der Waals surface area contributed by atoms with Crippen LogP contribution in [0.1, 0.15) is 6.42 Å². The zero-order valence-corrected chi connectivity index (χ0v) is 9.18. The van der Waals surface area contributed by atoms with E-state index in [0.29, 0.717) is 34.6 Å². The third-order valence-corrected chi connectivity index (χ3v) is 2.75. The Morgan fingerprint density at radius 2 is 2.00 bits per heavy atom. The van der Waals surface area contributed by atoms with Gasteiger partial charge in [-0.15, -0.1) is 0 Å². The number of nitrogens with zero attached hydrogens (tertiary/aromatic N) is 1. The molecule has 0 spiro atoms. The summed E-state index contributed by atoms with van der Waals surface area (Å²) in [6.45, 7) is 0.360. The largest absolute Gasteiger partial charge is 0.486 e. The fraction of sp³-hybridized carbons (Fsp3) is 0.300. The van der Waals surface area contributed by atoms with Crippen LogP contribution in [0.3, 0.4) is 0 Å². The highest BCUT2D eigenvalue weighted by molar-refractivity contribution is 6.42. The Kier molecular flexibility index (Phi) is 2.90. The van der Waals surface area contributed by atoms with Crippen LogP contribution in [0.4, 0.5) is 0 Å². The van der Waals surface area contributed by atoms with Crippen molar-refractivity contribution in [3.8, 4) is 17.6 Å². The lowest BCUT2D eigenvalue weighted by atomic mass is 10.2. The van der Waals surface area contributed by atoms with Gasteiger partial charge in [0.25, 0.3) is 0 Å². The SMILES string of the molecule is N#CCC1COc2cc(Cl)c(Cl)cc2O1. The van der Waals surface area contributed by atoms with Crippen LogP contribution in [0.5, 0.6) is 11.5 Å². The molecule has 1 aromatic rings. The molecule has 0 radical (unpaired) electrons. The first-order valence-electron chi connectivity index (χ1n) is 4.36. The summed E-state index contributed by atoms with van der Waals surface area (Å²) in [6.07, 6.45) is 0.0550. The molecule has 5 heteroatoms. The molecule has 3 nitrogen and oxygen atoms in total. The second kappa shape index (κ2) is 4.18. The van der Waals surface area contributed by atoms with Gasteiger partial charge in [-0.25, -0.2) is 0 Å². The van der Waals surface area contributed by atoms with Gasteiger partial charge in [-0.3, -0.25) is 0 Å². The molecule has 15 heavy (non-hydrogen) atoms. The first kappa shape index (κ1) is 10.4. The van der Waals surface area contributed by atoms with Gasteiger partial charge in [-0.05, 0) is 0 Å². The minimum atomic E-state index is -0.236. The summed E-state index contributed by atoms with van der Waals surface area (Å²) < 4.78 is 10.9. The first-order valence-corrected chi connectivity index (χ1v) is 5.11. The second-order valence-corrected chi connectivity index (χ2v) is 3.94. The Hall–Kier alpha value is -1.11. The normalized spacial score (nSPS) is 18.3. The number of ether oxygens (including phenoxy) is 2. The summed E-state index contributed by atoms with van der Waals surface area (Å²) in [5, 5.41) is 9.37. The zero-order chi connectivity index (χ0) is 10.8. The van der Waals surface area contributed by atoms with Crippen LogP contribution in [0.25, 0.3) is 0 Å². The molecule has 1 aliphatic heterocycles. The molecular formula is C10H7Cl2NO2. The van der Waals surface area contributed by atoms with Gasteiger partial charge in [0.15, 0.2) is 11.5 Å². The molecule has 0 fully saturated rings. The van der Waals surface area contributed by atoms with E-state index in [1.165, 1.54) is 0 Å². The van der Waals surface area contributed by atoms with Crippen LogP contribution in [0.2, 0.25) is 10.0 Å². The van der Waals surface area contributed by atoms with Gasteiger partial charge in [0.05, 0.1) is 22.5 Å². The van der Waals surface area contributed by atoms with Gasteiger partial charge >= 0.3 is 0 Å². The third kappa shape index (κ3) is 2.11. The summed E-state index contributed by atoms with van der Waals surface area (Å²) in [6, 6.07) is 5.24. The van der Waals surface area contributed by atoms with Crippen molar-refractivity contribution in [2.24, 2.45) is 0 Å². The van der Waals surface area contributed by atoms with E-state index in [-0.39, 0.29) is 6.10 Å². The van der Waals surface area contributed by atoms with E-state index in [1.807, 2.05) is 6.07 Å². The highest BCUT2D eigenvalue weighted by atomic mass is 35.5. The summed E-state index contributed by atoms with van der Waals surface area (Å²) in [5.41, 5.74) is 0. The van der Waals surface area contributed by atoms with Crippen LogP contribution in [-0.4, -0.2) is 12.7 Å². The van der Waals surface area contributed by atoms with E-state index in [9.17, 15) is 0 Å². The quantitative estimate of drug-likeness (QED) is 0.762. The van der Waals surface area contributed by atoms with Crippen molar-refractivity contribution in [1.82, 2.24) is 0 Å². The smallest absolute Gasteiger partial charge is 0.163 e. The lowest BCUT2D eigenvalue weighted by molar-refractivity contribution is 0.0943. The molecule has 1 unspecified atom stereocenters. The average molecular weight is 244 g/mol. The number of hydrogen-bond donors (Lipinski definition) is 0. The van der Waals surface area contributed by atoms with E-state index in [1.54, 1.807) is 12.1 Å². The Bertz CT molecular complexity index is 428. The van der Waals surface area contributed by atoms with Crippen molar-refractivity contribution in [3.05, 3.63) is 22.2 Å². The Morgan fingerprint density at radius 3 is 2.67 bits per heavy atom. The molecule has 78 valence electrons. The molecule has 0 aromatic heterocycles. The van der Waals surface area contributed by atoms with Crippen molar-refractivity contribution in [1.29, 1.82) is 5.26 Å². The number of hydrogen-bond acceptors (Lipinski definition) is 3. The number of fused-ring (bicyclic) bond motifs is 1. The van der Waals surface area contributed by atoms with Gasteiger partial charge in [0, 0.05) is 12.1 Å². The van der Waals surface area contributed by atoms with E-state index >= 15 is 0 Å². The molecule has 1 heterocycles. The molecule has 1 aromatic carbocycles. The van der Waals surface area contributed by atoms with Crippen LogP contribution in [0, 0.1) is 11.3 Å². The molecule has 0 aliphatic carbocycles. The maximum absolute atomic E-state index is 8.53. The standard InChI is InChI=1S/C10H7Cl2NO2/c11-7-3-9-10(4-8(7)12)15-6(1-2-13)5-14-9/h3-4,6H,1,5H2. The molecule has 0 amide bonds. The Balaban J connectivity index is 2.27. The highest BCUT2D eigenvalue weighted by Crippen LogP contribution is 2.38. The summed E-state index contributed by atoms with van der Waals surface area (Å²) >= 11 is 11.7. The van der Waals surface area contributed by atoms with Crippen LogP contribution >= 0.6 is 23.2 Å². The summed E-state index contributed by atoms with van der Waals surface area (Å²) in [7, 11) is 0. The molecule has 1 atom stereocenters. The molecule has 0 saturated carbocycles. The number of nitriles is 1. The average Bonchev–Trinajstić information content (AvgIpc) is 2.21. The van der Waals surface area contributed by atoms with Crippen molar-refractivity contribution < 1.29 is 9.47 Å². The lowest BCUT2D eigenvalue weighted by Gasteiger charge is -2.25. The molecule has 0 saturated heterocycles. The van der Waals surface area contributed by atoms with Crippen molar-refractivity contribution in [2.45, 2.75) is 12.5 Å². The molecule has 1 aliphatic rings. The van der Waals surface area contributed by atoms with E-state index in [0.717, 1.165) is 0 Å². The molecular weight excluding hydrogens is 237 g/mol. The van der Waals surface area contributed by atoms with Crippen molar-refractivity contribution >= 4 is 23.2 Å². The zero-order valence-electron chi connectivity index (χ0n) is 7.67. The van der Waals surface area contributed by atoms with E-state index in [4.69, 9.17) is 37.9 Å². The van der Waals surface area contributed by atoms with Crippen molar-refractivity contribution in [2.75, 3.05) is 6.61 Å². The first-order chi connectivity index (χ1) is 7.20. The van der Waals surface area contributed by atoms with Gasteiger partial charge in [0.1, 0.15) is 12.7 Å². The van der Waals surface area contributed by atoms with E-state index < -0.39 is 0 Å². The summed E-state index contributed by atoms with van der Waals surface area (Å²) in [4.78, 5) is 0. The second-order valence-electron chi connectivity index (χ2n) is 3.13. The van der Waals surface area contributed by atoms with Crippen LogP contribution < -0.4 is 9.47 Å². The highest BCUT2D eigenvalue weighted by Gasteiger charge is 2.21. The van der Waals surface area contributed by atoms with Crippen LogP contribution in [-0.2, 0) is 0 Å². The minimum absolute atomic E-state index is 0.236. The molecule has 0 bridgehead atoms. The minimum Gasteiger partial charge on any atom is -0.486 e. The lowest BCUT2D eigenvalue weighted by Crippen LogP contribution is -2.28. The monoisotopic (exact) mass is 243 g/mol. The Labute approximate surface area is 97.1 Å². The van der Waals surface area contributed by atoms with Crippen LogP contribution in [0.15, 0.2) is 12.1 Å². The number of halogens is 2. The molecule has 2 rings (SSSR count). The van der Waals surface area contributed by atoms with E-state index in [2.05, 4.69) is 0 Å². The Morgan fingerprint density at radius 1 is 1.33 bits per heavy atom. The number of rotatable bonds is 1. The maximum Gasteiger partial charge on any atom is 0.163 e. The van der Waals surface area contributed by atoms with Gasteiger partial charge in [0.2, 0.25) is 0 Å². The molecule has 0 N–H and O–H groups in total. The fourth-order valence-corrected chi connectivity index (χ4v) is 1.62. The third-order valence-electron chi connectivity index (χ3n) is 2.02. The predicted molar refractivity (Wildman–Crippen MR) is 56.6 cm³/mol. The van der Waals surface area contributed by atoms with Gasteiger partial charge in [-0.2, -0.15) is 5.26 Å². The predicted octanol–water partition coefficient (Wildman–Crippen LogP) is 3.05. The summed E-state index contributed by atoms with van der Waals surface area (Å²) in [5.74, 6) is 1.11. The fourth-order valence-electron chi connectivity index (χ4n) is 1.31. The topological polar surface area (TPSA) is 42.2 Å². The van der Waals surface area contributed by atoms with Gasteiger partial charge < -0.3 is 9.47 Å².